The number of anilines is 1. The Hall–Kier alpha value is -1.59. The third kappa shape index (κ3) is 5.02. The Morgan fingerprint density at radius 3 is 2.47 bits per heavy atom. The highest BCUT2D eigenvalue weighted by molar-refractivity contribution is 5.95. The minimum Gasteiger partial charge on any atom is -0.335 e. The van der Waals surface area contributed by atoms with Crippen molar-refractivity contribution < 1.29 is 4.79 Å². The maximum Gasteiger partial charge on any atom is 0.249 e. The first kappa shape index (κ1) is 25.5. The normalized spacial score (nSPS) is 32.5. The Morgan fingerprint density at radius 1 is 1.09 bits per heavy atom. The number of likely N-dealkylation sites (N-methyl/N-ethyl adjacent to an activating group) is 1. The van der Waals surface area contributed by atoms with E-state index in [-0.39, 0.29) is 18.1 Å². The van der Waals surface area contributed by atoms with E-state index in [2.05, 4.69) is 78.6 Å². The van der Waals surface area contributed by atoms with Gasteiger partial charge in [0, 0.05) is 24.8 Å². The second-order valence-corrected chi connectivity index (χ2v) is 11.4. The Morgan fingerprint density at radius 2 is 1.82 bits per heavy atom. The van der Waals surface area contributed by atoms with Crippen molar-refractivity contribution in [3.63, 3.8) is 0 Å². The molecule has 1 spiro atoms. The van der Waals surface area contributed by atoms with Crippen LogP contribution < -0.4 is 15.5 Å². The van der Waals surface area contributed by atoms with Gasteiger partial charge in [0.1, 0.15) is 11.7 Å². The zero-order valence-corrected chi connectivity index (χ0v) is 22.1. The Labute approximate surface area is 208 Å². The quantitative estimate of drug-likeness (QED) is 0.491. The van der Waals surface area contributed by atoms with Gasteiger partial charge >= 0.3 is 0 Å². The molecule has 5 nitrogen and oxygen atoms in total. The highest BCUT2D eigenvalue weighted by Crippen LogP contribution is 2.42. The van der Waals surface area contributed by atoms with E-state index in [1.54, 1.807) is 0 Å². The summed E-state index contributed by atoms with van der Waals surface area (Å²) >= 11 is 0. The van der Waals surface area contributed by atoms with Crippen LogP contribution >= 0.6 is 0 Å². The molecule has 1 aromatic rings. The fraction of sp³-hybridized carbons (Fsp3) is 0.759. The van der Waals surface area contributed by atoms with Gasteiger partial charge in [-0.25, -0.2) is 0 Å². The summed E-state index contributed by atoms with van der Waals surface area (Å²) in [5, 5.41) is 7.06. The van der Waals surface area contributed by atoms with Gasteiger partial charge < -0.3 is 15.5 Å². The van der Waals surface area contributed by atoms with Crippen LogP contribution in [-0.2, 0) is 4.79 Å². The summed E-state index contributed by atoms with van der Waals surface area (Å²) in [5.74, 6) is 1.90. The molecule has 1 aromatic carbocycles. The standard InChI is InChI=1S/C29H48N4O/c1-5-6-7-11-14-27-31-28(34)29(33(27)25-12-9-8-10-13-25)19-20-32(21-26(29)30-4)24-17-15-23(16-18-24)22(2)3/h8-10,12-13,22-24,26-27,30H,5-7,11,14-21H2,1-4H3,(H,31,34). The monoisotopic (exact) mass is 468 g/mol. The number of carbonyl (C=O) groups is 1. The van der Waals surface area contributed by atoms with Crippen LogP contribution in [0.25, 0.3) is 0 Å². The van der Waals surface area contributed by atoms with Gasteiger partial charge in [0.25, 0.3) is 0 Å². The average molecular weight is 469 g/mol. The molecule has 3 unspecified atom stereocenters. The minimum absolute atomic E-state index is 0.0793. The Bertz CT molecular complexity index is 776. The van der Waals surface area contributed by atoms with Gasteiger partial charge in [-0.3, -0.25) is 9.69 Å². The van der Waals surface area contributed by atoms with Crippen molar-refractivity contribution in [2.45, 2.75) is 109 Å². The molecule has 0 bridgehead atoms. The molecular weight excluding hydrogens is 420 g/mol. The van der Waals surface area contributed by atoms with Crippen molar-refractivity contribution >= 4 is 11.6 Å². The minimum atomic E-state index is -0.517. The third-order valence-electron chi connectivity index (χ3n) is 9.12. The predicted octanol–water partition coefficient (Wildman–Crippen LogP) is 5.17. The first-order chi connectivity index (χ1) is 16.5. The van der Waals surface area contributed by atoms with E-state index in [0.717, 1.165) is 44.2 Å². The summed E-state index contributed by atoms with van der Waals surface area (Å²) in [6.07, 6.45) is 12.2. The molecule has 3 atom stereocenters. The molecule has 3 fully saturated rings. The Kier molecular flexibility index (Phi) is 8.57. The average Bonchev–Trinajstić information content (AvgIpc) is 3.14. The molecular formula is C29H48N4O. The third-order valence-corrected chi connectivity index (χ3v) is 9.12. The molecule has 2 heterocycles. The number of benzene rings is 1. The second kappa shape index (κ2) is 11.4. The largest absolute Gasteiger partial charge is 0.335 e. The van der Waals surface area contributed by atoms with Gasteiger partial charge in [-0.2, -0.15) is 0 Å². The van der Waals surface area contributed by atoms with Crippen LogP contribution in [-0.4, -0.2) is 54.7 Å². The van der Waals surface area contributed by atoms with Gasteiger partial charge in [-0.15, -0.1) is 0 Å². The van der Waals surface area contributed by atoms with Gasteiger partial charge in [-0.05, 0) is 76.0 Å². The zero-order valence-electron chi connectivity index (χ0n) is 22.1. The number of unbranched alkanes of at least 4 members (excludes halogenated alkanes) is 3. The number of amides is 1. The molecule has 0 radical (unpaired) electrons. The van der Waals surface area contributed by atoms with Gasteiger partial charge in [0.2, 0.25) is 5.91 Å². The summed E-state index contributed by atoms with van der Waals surface area (Å²) < 4.78 is 0. The van der Waals surface area contributed by atoms with Crippen LogP contribution in [0.5, 0.6) is 0 Å². The maximum absolute atomic E-state index is 13.8. The van der Waals surface area contributed by atoms with Gasteiger partial charge in [0.15, 0.2) is 0 Å². The molecule has 1 amide bonds. The smallest absolute Gasteiger partial charge is 0.249 e. The molecule has 4 rings (SSSR count). The van der Waals surface area contributed by atoms with Crippen molar-refractivity contribution in [3.05, 3.63) is 30.3 Å². The summed E-state index contributed by atoms with van der Waals surface area (Å²) in [7, 11) is 2.05. The summed E-state index contributed by atoms with van der Waals surface area (Å²) in [5.41, 5.74) is 0.657. The molecule has 1 aliphatic carbocycles. The van der Waals surface area contributed by atoms with Gasteiger partial charge in [-0.1, -0.05) is 58.2 Å². The molecule has 3 aliphatic rings. The predicted molar refractivity (Wildman–Crippen MR) is 142 cm³/mol. The number of hydrogen-bond donors (Lipinski definition) is 2. The van der Waals surface area contributed by atoms with Crippen LogP contribution in [0.3, 0.4) is 0 Å². The highest BCUT2D eigenvalue weighted by atomic mass is 16.2. The number of para-hydroxylation sites is 1. The van der Waals surface area contributed by atoms with E-state index in [1.807, 2.05) is 0 Å². The molecule has 190 valence electrons. The molecule has 0 aromatic heterocycles. The first-order valence-electron chi connectivity index (χ1n) is 14.1. The number of nitrogens with zero attached hydrogens (tertiary/aromatic N) is 2. The summed E-state index contributed by atoms with van der Waals surface area (Å²) in [6, 6.07) is 11.4. The fourth-order valence-corrected chi connectivity index (χ4v) is 7.01. The second-order valence-electron chi connectivity index (χ2n) is 11.4. The Balaban J connectivity index is 1.53. The summed E-state index contributed by atoms with van der Waals surface area (Å²) in [6.45, 7) is 8.97. The van der Waals surface area contributed by atoms with E-state index in [4.69, 9.17) is 0 Å². The molecule has 2 N–H and O–H groups in total. The SMILES string of the molecule is CCCCCCC1NC(=O)C2(CCN(C3CCC(C(C)C)CC3)CC2NC)N1c1ccccc1. The van der Waals surface area contributed by atoms with Crippen molar-refractivity contribution in [3.8, 4) is 0 Å². The zero-order chi connectivity index (χ0) is 24.1. The van der Waals surface area contributed by atoms with Crippen LogP contribution in [0, 0.1) is 11.8 Å². The van der Waals surface area contributed by atoms with E-state index in [1.165, 1.54) is 50.6 Å². The van der Waals surface area contributed by atoms with E-state index < -0.39 is 5.54 Å². The van der Waals surface area contributed by atoms with Gasteiger partial charge in [0.05, 0.1) is 6.04 Å². The van der Waals surface area contributed by atoms with Crippen LogP contribution in [0.1, 0.15) is 85.0 Å². The molecule has 5 heteroatoms. The number of carbonyl (C=O) groups excluding carboxylic acids is 1. The van der Waals surface area contributed by atoms with Crippen LogP contribution in [0.15, 0.2) is 30.3 Å². The molecule has 1 saturated carbocycles. The number of nitrogens with one attached hydrogen (secondary N) is 2. The van der Waals surface area contributed by atoms with Crippen LogP contribution in [0.4, 0.5) is 5.69 Å². The lowest BCUT2D eigenvalue weighted by molar-refractivity contribution is -0.126. The lowest BCUT2D eigenvalue weighted by Gasteiger charge is -2.52. The molecule has 34 heavy (non-hydrogen) atoms. The van der Waals surface area contributed by atoms with Crippen molar-refractivity contribution in [1.29, 1.82) is 0 Å². The van der Waals surface area contributed by atoms with Crippen molar-refractivity contribution in [2.75, 3.05) is 25.0 Å². The number of likely N-dealkylation sites (tertiary alicyclic amines) is 1. The molecule has 2 aliphatic heterocycles. The first-order valence-corrected chi connectivity index (χ1v) is 14.1. The van der Waals surface area contributed by atoms with E-state index in [0.29, 0.717) is 6.04 Å². The number of piperidine rings is 1. The van der Waals surface area contributed by atoms with E-state index in [9.17, 15) is 4.79 Å². The van der Waals surface area contributed by atoms with Crippen molar-refractivity contribution in [1.82, 2.24) is 15.5 Å². The highest BCUT2D eigenvalue weighted by Gasteiger charge is 2.59. The van der Waals surface area contributed by atoms with Crippen molar-refractivity contribution in [2.24, 2.45) is 11.8 Å². The lowest BCUT2D eigenvalue weighted by Crippen LogP contribution is -2.70. The number of rotatable bonds is 9. The molecule has 2 saturated heterocycles. The summed E-state index contributed by atoms with van der Waals surface area (Å²) in [4.78, 5) is 19.0. The fourth-order valence-electron chi connectivity index (χ4n) is 7.01. The lowest BCUT2D eigenvalue weighted by atomic mass is 9.76. The number of hydrogen-bond acceptors (Lipinski definition) is 4. The maximum atomic E-state index is 13.8. The van der Waals surface area contributed by atoms with E-state index >= 15 is 0 Å². The topological polar surface area (TPSA) is 47.6 Å². The van der Waals surface area contributed by atoms with Crippen LogP contribution in [0.2, 0.25) is 0 Å².